The predicted octanol–water partition coefficient (Wildman–Crippen LogP) is 3.22. The number of hydrogen-bond donors (Lipinski definition) is 1. The fraction of sp³-hybridized carbons (Fsp3) is 0.133. The van der Waals surface area contributed by atoms with Crippen LogP contribution in [-0.4, -0.2) is 21.7 Å². The molecule has 0 radical (unpaired) electrons. The quantitative estimate of drug-likeness (QED) is 0.618. The van der Waals surface area contributed by atoms with E-state index in [2.05, 4.69) is 25.9 Å². The summed E-state index contributed by atoms with van der Waals surface area (Å²) in [6, 6.07) is 9.09. The third-order valence-electron chi connectivity index (χ3n) is 2.94. The molecule has 0 atom stereocenters. The number of ether oxygens (including phenoxy) is 1. The second kappa shape index (κ2) is 7.10. The zero-order valence-corrected chi connectivity index (χ0v) is 14.8. The van der Waals surface area contributed by atoms with E-state index in [9.17, 15) is 12.8 Å². The first-order valence-electron chi connectivity index (χ1n) is 6.48. The minimum atomic E-state index is -3.76. The minimum absolute atomic E-state index is 0.0717. The van der Waals surface area contributed by atoms with Crippen molar-refractivity contribution in [3.8, 4) is 5.75 Å². The highest BCUT2D eigenvalue weighted by Gasteiger charge is 2.12. The van der Waals surface area contributed by atoms with E-state index in [1.54, 1.807) is 18.2 Å². The molecule has 0 aromatic heterocycles. The molecule has 0 spiro atoms. The van der Waals surface area contributed by atoms with Gasteiger partial charge in [0.1, 0.15) is 0 Å². The van der Waals surface area contributed by atoms with E-state index in [4.69, 9.17) is 4.74 Å². The van der Waals surface area contributed by atoms with Crippen LogP contribution >= 0.6 is 15.9 Å². The Morgan fingerprint density at radius 3 is 2.48 bits per heavy atom. The smallest absolute Gasteiger partial charge is 0.276 e. The number of sulfonamides is 1. The highest BCUT2D eigenvalue weighted by molar-refractivity contribution is 9.10. The van der Waals surface area contributed by atoms with E-state index < -0.39 is 15.8 Å². The van der Waals surface area contributed by atoms with Crippen molar-refractivity contribution in [1.82, 2.24) is 4.83 Å². The van der Waals surface area contributed by atoms with Crippen molar-refractivity contribution in [3.05, 3.63) is 57.8 Å². The second-order valence-corrected chi connectivity index (χ2v) is 7.20. The molecule has 0 aliphatic carbocycles. The summed E-state index contributed by atoms with van der Waals surface area (Å²) >= 11 is 3.17. The van der Waals surface area contributed by atoms with Crippen LogP contribution in [-0.2, 0) is 10.0 Å². The van der Waals surface area contributed by atoms with E-state index >= 15 is 0 Å². The average Bonchev–Trinajstić information content (AvgIpc) is 2.47. The first-order chi connectivity index (χ1) is 10.8. The van der Waals surface area contributed by atoms with E-state index in [-0.39, 0.29) is 10.6 Å². The molecule has 5 nitrogen and oxygen atoms in total. The summed E-state index contributed by atoms with van der Waals surface area (Å²) < 4.78 is 43.1. The number of halogens is 2. The summed E-state index contributed by atoms with van der Waals surface area (Å²) in [4.78, 5) is 2.18. The van der Waals surface area contributed by atoms with E-state index in [1.807, 2.05) is 6.92 Å². The number of benzene rings is 2. The summed E-state index contributed by atoms with van der Waals surface area (Å²) in [7, 11) is -2.40. The lowest BCUT2D eigenvalue weighted by molar-refractivity contribution is 0.384. The third kappa shape index (κ3) is 4.29. The van der Waals surface area contributed by atoms with Gasteiger partial charge in [0.05, 0.1) is 22.7 Å². The van der Waals surface area contributed by atoms with Crippen molar-refractivity contribution >= 4 is 32.2 Å². The van der Waals surface area contributed by atoms with Gasteiger partial charge < -0.3 is 4.74 Å². The highest BCUT2D eigenvalue weighted by atomic mass is 79.9. The van der Waals surface area contributed by atoms with E-state index in [0.717, 1.165) is 5.56 Å². The maximum atomic E-state index is 13.7. The Bertz CT molecular complexity index is 813. The molecule has 0 aliphatic heterocycles. The molecule has 2 aromatic rings. The Morgan fingerprint density at radius 2 is 1.91 bits per heavy atom. The lowest BCUT2D eigenvalue weighted by Crippen LogP contribution is -2.18. The molecule has 0 heterocycles. The zero-order chi connectivity index (χ0) is 17.0. The molecule has 8 heteroatoms. The van der Waals surface area contributed by atoms with Crippen LogP contribution < -0.4 is 9.57 Å². The van der Waals surface area contributed by atoms with Gasteiger partial charge in [0, 0.05) is 0 Å². The molecule has 0 fully saturated rings. The van der Waals surface area contributed by atoms with Gasteiger partial charge in [-0.25, -0.2) is 9.22 Å². The van der Waals surface area contributed by atoms with Crippen LogP contribution in [0.4, 0.5) is 4.39 Å². The van der Waals surface area contributed by atoms with Gasteiger partial charge in [0.15, 0.2) is 11.6 Å². The third-order valence-corrected chi connectivity index (χ3v) is 4.77. The van der Waals surface area contributed by atoms with Crippen molar-refractivity contribution in [2.75, 3.05) is 7.11 Å². The molecule has 23 heavy (non-hydrogen) atoms. The summed E-state index contributed by atoms with van der Waals surface area (Å²) in [6.07, 6.45) is 1.21. The van der Waals surface area contributed by atoms with Gasteiger partial charge in [0.2, 0.25) is 0 Å². The Labute approximate surface area is 142 Å². The topological polar surface area (TPSA) is 67.8 Å². The summed E-state index contributed by atoms with van der Waals surface area (Å²) in [5, 5.41) is 3.66. The molecule has 1 N–H and O–H groups in total. The van der Waals surface area contributed by atoms with Gasteiger partial charge in [0.25, 0.3) is 10.0 Å². The number of nitrogens with one attached hydrogen (secondary N) is 1. The van der Waals surface area contributed by atoms with Gasteiger partial charge >= 0.3 is 0 Å². The van der Waals surface area contributed by atoms with Crippen LogP contribution in [0, 0.1) is 12.7 Å². The molecule has 0 unspecified atom stereocenters. The average molecular weight is 401 g/mol. The largest absolute Gasteiger partial charge is 0.492 e. The Hall–Kier alpha value is -1.93. The van der Waals surface area contributed by atoms with Crippen molar-refractivity contribution in [1.29, 1.82) is 0 Å². The minimum Gasteiger partial charge on any atom is -0.492 e. The number of rotatable bonds is 5. The second-order valence-electron chi connectivity index (χ2n) is 4.68. The number of methoxy groups -OCH3 is 1. The van der Waals surface area contributed by atoms with Crippen LogP contribution in [0.1, 0.15) is 11.1 Å². The van der Waals surface area contributed by atoms with Crippen LogP contribution in [0.15, 0.2) is 50.9 Å². The van der Waals surface area contributed by atoms with Crippen molar-refractivity contribution in [2.24, 2.45) is 5.10 Å². The summed E-state index contributed by atoms with van der Waals surface area (Å²) in [5.74, 6) is -0.507. The number of hydrogen-bond acceptors (Lipinski definition) is 4. The van der Waals surface area contributed by atoms with Crippen LogP contribution in [0.5, 0.6) is 5.75 Å². The molecule has 0 amide bonds. The normalized spacial score (nSPS) is 11.7. The van der Waals surface area contributed by atoms with Crippen LogP contribution in [0.3, 0.4) is 0 Å². The SMILES string of the molecule is COc1c(F)cc(C=NNS(=O)(=O)c2ccc(C)cc2)cc1Br. The first kappa shape index (κ1) is 17.4. The zero-order valence-electron chi connectivity index (χ0n) is 12.4. The Balaban J connectivity index is 2.17. The molecule has 2 aromatic carbocycles. The lowest BCUT2D eigenvalue weighted by Gasteiger charge is -2.06. The van der Waals surface area contributed by atoms with Crippen molar-refractivity contribution < 1.29 is 17.5 Å². The van der Waals surface area contributed by atoms with Crippen molar-refractivity contribution in [2.45, 2.75) is 11.8 Å². The van der Waals surface area contributed by atoms with Crippen molar-refractivity contribution in [3.63, 3.8) is 0 Å². The predicted molar refractivity (Wildman–Crippen MR) is 89.7 cm³/mol. The standard InChI is InChI=1S/C15H14BrFN2O3S/c1-10-3-5-12(6-4-10)23(20,21)19-18-9-11-7-13(16)15(22-2)14(17)8-11/h3-9,19H,1-2H3. The van der Waals surface area contributed by atoms with Crippen LogP contribution in [0.25, 0.3) is 0 Å². The fourth-order valence-corrected chi connectivity index (χ4v) is 3.20. The van der Waals surface area contributed by atoms with Gasteiger partial charge in [-0.05, 0) is 52.7 Å². The van der Waals surface area contributed by atoms with Gasteiger partial charge in [-0.2, -0.15) is 13.5 Å². The Morgan fingerprint density at radius 1 is 1.26 bits per heavy atom. The molecule has 0 aliphatic rings. The number of aryl methyl sites for hydroxylation is 1. The van der Waals surface area contributed by atoms with E-state index in [0.29, 0.717) is 10.0 Å². The highest BCUT2D eigenvalue weighted by Crippen LogP contribution is 2.28. The molecule has 0 bridgehead atoms. The van der Waals surface area contributed by atoms with Crippen LogP contribution in [0.2, 0.25) is 0 Å². The Kier molecular flexibility index (Phi) is 5.38. The molecule has 2 rings (SSSR count). The lowest BCUT2D eigenvalue weighted by atomic mass is 10.2. The summed E-state index contributed by atoms with van der Waals surface area (Å²) in [6.45, 7) is 1.86. The number of nitrogens with zero attached hydrogens (tertiary/aromatic N) is 1. The first-order valence-corrected chi connectivity index (χ1v) is 8.75. The molecule has 0 saturated heterocycles. The molecular weight excluding hydrogens is 387 g/mol. The maximum absolute atomic E-state index is 13.7. The van der Waals surface area contributed by atoms with E-state index in [1.165, 1.54) is 31.5 Å². The monoisotopic (exact) mass is 400 g/mol. The number of hydrazone groups is 1. The molecular formula is C15H14BrFN2O3S. The molecule has 122 valence electrons. The maximum Gasteiger partial charge on any atom is 0.276 e. The molecule has 0 saturated carbocycles. The van der Waals surface area contributed by atoms with Gasteiger partial charge in [-0.15, -0.1) is 0 Å². The van der Waals surface area contributed by atoms with Gasteiger partial charge in [-0.1, -0.05) is 17.7 Å². The summed E-state index contributed by atoms with van der Waals surface area (Å²) in [5.41, 5.74) is 1.33. The fourth-order valence-electron chi connectivity index (χ4n) is 1.79. The van der Waals surface area contributed by atoms with Gasteiger partial charge in [-0.3, -0.25) is 0 Å².